The Morgan fingerprint density at radius 2 is 2.00 bits per heavy atom. The maximum absolute atomic E-state index is 12.9. The van der Waals surface area contributed by atoms with Crippen LogP contribution in [0, 0.1) is 6.92 Å². The highest BCUT2D eigenvalue weighted by molar-refractivity contribution is 5.88. The molecule has 1 fully saturated rings. The number of hydrogen-bond donors (Lipinski definition) is 1. The molecule has 0 radical (unpaired) electrons. The standard InChI is InChI=1S/C26H33N5O2/c1-6-7-8-9-19(2)23-10-11-24(20(3)16-23)18-29-14-15-30(21(4)17-29)26(33)31-13-12-25(28-31)27-22(5)32/h6-13,16,21H,1,14-15,17-18H2,2-5H3,(H,27,28,32)/b8-7-,19-9+/t21-/m1/s1. The Hall–Kier alpha value is -3.45. The van der Waals surface area contributed by atoms with Crippen molar-refractivity contribution in [1.82, 2.24) is 19.6 Å². The molecule has 2 amide bonds. The highest BCUT2D eigenvalue weighted by Gasteiger charge is 2.29. The van der Waals surface area contributed by atoms with Gasteiger partial charge in [-0.3, -0.25) is 9.69 Å². The number of rotatable bonds is 6. The van der Waals surface area contributed by atoms with E-state index in [0.717, 1.165) is 19.6 Å². The molecule has 1 aromatic carbocycles. The lowest BCUT2D eigenvalue weighted by Gasteiger charge is -2.39. The van der Waals surface area contributed by atoms with Gasteiger partial charge in [-0.25, -0.2) is 4.79 Å². The average Bonchev–Trinajstić information content (AvgIpc) is 3.22. The third kappa shape index (κ3) is 6.29. The van der Waals surface area contributed by atoms with Crippen LogP contribution in [0.25, 0.3) is 5.57 Å². The molecule has 0 spiro atoms. The lowest BCUT2D eigenvalue weighted by Crippen LogP contribution is -2.54. The summed E-state index contributed by atoms with van der Waals surface area (Å²) >= 11 is 0. The number of carbonyl (C=O) groups excluding carboxylic acids is 2. The maximum atomic E-state index is 12.9. The van der Waals surface area contributed by atoms with Gasteiger partial charge in [-0.05, 0) is 43.0 Å². The zero-order valence-electron chi connectivity index (χ0n) is 19.9. The number of carbonyl (C=O) groups is 2. The third-order valence-electron chi connectivity index (χ3n) is 5.83. The van der Waals surface area contributed by atoms with E-state index in [1.165, 1.54) is 33.9 Å². The molecule has 1 saturated heterocycles. The van der Waals surface area contributed by atoms with Gasteiger partial charge in [0.2, 0.25) is 5.91 Å². The summed E-state index contributed by atoms with van der Waals surface area (Å²) in [6.07, 6.45) is 9.36. The predicted molar refractivity (Wildman–Crippen MR) is 133 cm³/mol. The molecule has 1 atom stereocenters. The summed E-state index contributed by atoms with van der Waals surface area (Å²) in [7, 11) is 0. The third-order valence-corrected chi connectivity index (χ3v) is 5.83. The first kappa shape index (κ1) is 24.2. The van der Waals surface area contributed by atoms with Crippen LogP contribution in [0.3, 0.4) is 0 Å². The quantitative estimate of drug-likeness (QED) is 0.664. The molecule has 1 aliphatic heterocycles. The molecule has 7 heteroatoms. The molecule has 0 saturated carbocycles. The molecule has 3 rings (SSSR count). The highest BCUT2D eigenvalue weighted by atomic mass is 16.2. The Balaban J connectivity index is 1.61. The summed E-state index contributed by atoms with van der Waals surface area (Å²) in [6.45, 7) is 14.5. The minimum absolute atomic E-state index is 0.0565. The average molecular weight is 448 g/mol. The number of allylic oxidation sites excluding steroid dienone is 5. The fraction of sp³-hybridized carbons (Fsp3) is 0.346. The maximum Gasteiger partial charge on any atom is 0.345 e. The van der Waals surface area contributed by atoms with E-state index in [0.29, 0.717) is 12.4 Å². The van der Waals surface area contributed by atoms with Gasteiger partial charge in [-0.2, -0.15) is 4.68 Å². The Bertz CT molecular complexity index is 1080. The van der Waals surface area contributed by atoms with Crippen LogP contribution >= 0.6 is 0 Å². The number of benzene rings is 1. The van der Waals surface area contributed by atoms with Crippen molar-refractivity contribution in [2.75, 3.05) is 25.0 Å². The summed E-state index contributed by atoms with van der Waals surface area (Å²) in [5.74, 6) is 0.164. The van der Waals surface area contributed by atoms with E-state index in [1.54, 1.807) is 18.3 Å². The van der Waals surface area contributed by atoms with Gasteiger partial charge >= 0.3 is 6.03 Å². The van der Waals surface area contributed by atoms with Gasteiger partial charge in [0.05, 0.1) is 0 Å². The fourth-order valence-electron chi connectivity index (χ4n) is 4.00. The summed E-state index contributed by atoms with van der Waals surface area (Å²) < 4.78 is 1.29. The Kier molecular flexibility index (Phi) is 8.01. The molecule has 2 aromatic rings. The number of aryl methyl sites for hydroxylation is 1. The van der Waals surface area contributed by atoms with Crippen molar-refractivity contribution in [2.45, 2.75) is 40.3 Å². The molecular formula is C26H33N5O2. The Morgan fingerprint density at radius 1 is 1.21 bits per heavy atom. The van der Waals surface area contributed by atoms with Crippen LogP contribution < -0.4 is 5.32 Å². The molecule has 174 valence electrons. The number of nitrogens with one attached hydrogen (secondary N) is 1. The van der Waals surface area contributed by atoms with Crippen LogP contribution in [0.15, 0.2) is 61.3 Å². The highest BCUT2D eigenvalue weighted by Crippen LogP contribution is 2.21. The second-order valence-corrected chi connectivity index (χ2v) is 8.50. The number of aromatic nitrogens is 2. The number of piperazine rings is 1. The van der Waals surface area contributed by atoms with Crippen molar-refractivity contribution < 1.29 is 9.59 Å². The summed E-state index contributed by atoms with van der Waals surface area (Å²) in [6, 6.07) is 8.11. The van der Waals surface area contributed by atoms with Gasteiger partial charge in [-0.15, -0.1) is 5.10 Å². The van der Waals surface area contributed by atoms with Gasteiger partial charge in [-0.1, -0.05) is 49.1 Å². The summed E-state index contributed by atoms with van der Waals surface area (Å²) in [4.78, 5) is 28.3. The Labute approximate surface area is 196 Å². The summed E-state index contributed by atoms with van der Waals surface area (Å²) in [5.41, 5.74) is 4.99. The van der Waals surface area contributed by atoms with E-state index in [-0.39, 0.29) is 18.0 Å². The lowest BCUT2D eigenvalue weighted by atomic mass is 9.99. The fourth-order valence-corrected chi connectivity index (χ4v) is 4.00. The van der Waals surface area contributed by atoms with E-state index in [2.05, 4.69) is 66.9 Å². The van der Waals surface area contributed by atoms with Gasteiger partial charge in [0.25, 0.3) is 0 Å². The van der Waals surface area contributed by atoms with Crippen LogP contribution in [0.2, 0.25) is 0 Å². The van der Waals surface area contributed by atoms with E-state index in [9.17, 15) is 9.59 Å². The van der Waals surface area contributed by atoms with Gasteiger partial charge in [0, 0.05) is 51.4 Å². The molecule has 2 heterocycles. The van der Waals surface area contributed by atoms with Crippen LogP contribution in [-0.4, -0.2) is 57.2 Å². The van der Waals surface area contributed by atoms with Crippen molar-refractivity contribution in [3.8, 4) is 0 Å². The van der Waals surface area contributed by atoms with Gasteiger partial charge in [0.15, 0.2) is 5.82 Å². The van der Waals surface area contributed by atoms with E-state index >= 15 is 0 Å². The van der Waals surface area contributed by atoms with Gasteiger partial charge in [0.1, 0.15) is 0 Å². The molecule has 1 N–H and O–H groups in total. The molecule has 0 bridgehead atoms. The normalized spacial score (nSPS) is 17.4. The van der Waals surface area contributed by atoms with Crippen molar-refractivity contribution in [3.63, 3.8) is 0 Å². The van der Waals surface area contributed by atoms with Gasteiger partial charge < -0.3 is 10.2 Å². The molecular weight excluding hydrogens is 414 g/mol. The largest absolute Gasteiger partial charge is 0.345 e. The predicted octanol–water partition coefficient (Wildman–Crippen LogP) is 4.47. The monoisotopic (exact) mass is 447 g/mol. The molecule has 0 aliphatic carbocycles. The van der Waals surface area contributed by atoms with Crippen molar-refractivity contribution in [1.29, 1.82) is 0 Å². The molecule has 7 nitrogen and oxygen atoms in total. The Morgan fingerprint density at radius 3 is 2.67 bits per heavy atom. The van der Waals surface area contributed by atoms with Crippen LogP contribution in [0.4, 0.5) is 10.6 Å². The van der Waals surface area contributed by atoms with Crippen molar-refractivity contribution in [3.05, 3.63) is 78.0 Å². The van der Waals surface area contributed by atoms with Crippen LogP contribution in [0.5, 0.6) is 0 Å². The van der Waals surface area contributed by atoms with Crippen LogP contribution in [0.1, 0.15) is 37.5 Å². The SMILES string of the molecule is C=C/C=C\C=C(/C)c1ccc(CN2CCN(C(=O)n3ccc(NC(C)=O)n3)[C@H](C)C2)c(C)c1. The number of amides is 2. The van der Waals surface area contributed by atoms with Crippen molar-refractivity contribution in [2.24, 2.45) is 0 Å². The first-order valence-electron chi connectivity index (χ1n) is 11.2. The first-order valence-corrected chi connectivity index (χ1v) is 11.2. The van der Waals surface area contributed by atoms with Crippen molar-refractivity contribution >= 4 is 23.3 Å². The zero-order valence-corrected chi connectivity index (χ0v) is 19.9. The molecule has 33 heavy (non-hydrogen) atoms. The first-order chi connectivity index (χ1) is 15.8. The molecule has 0 unspecified atom stereocenters. The van der Waals surface area contributed by atoms with E-state index in [1.807, 2.05) is 17.1 Å². The molecule has 1 aliphatic rings. The second kappa shape index (κ2) is 10.9. The van der Waals surface area contributed by atoms with E-state index in [4.69, 9.17) is 0 Å². The lowest BCUT2D eigenvalue weighted by molar-refractivity contribution is -0.114. The van der Waals surface area contributed by atoms with Crippen LogP contribution in [-0.2, 0) is 11.3 Å². The zero-order chi connectivity index (χ0) is 24.0. The van der Waals surface area contributed by atoms with E-state index < -0.39 is 0 Å². The smallest absolute Gasteiger partial charge is 0.318 e. The number of hydrogen-bond acceptors (Lipinski definition) is 4. The minimum atomic E-state index is -0.214. The molecule has 1 aromatic heterocycles. The number of anilines is 1. The number of nitrogens with zero attached hydrogens (tertiary/aromatic N) is 4. The topological polar surface area (TPSA) is 70.5 Å². The minimum Gasteiger partial charge on any atom is -0.318 e. The summed E-state index contributed by atoms with van der Waals surface area (Å²) in [5, 5.41) is 6.77. The second-order valence-electron chi connectivity index (χ2n) is 8.50.